The lowest BCUT2D eigenvalue weighted by Gasteiger charge is -2.35. The van der Waals surface area contributed by atoms with Crippen LogP contribution in [-0.4, -0.2) is 19.6 Å². The fourth-order valence-corrected chi connectivity index (χ4v) is 2.57. The van der Waals surface area contributed by atoms with Gasteiger partial charge in [0.25, 0.3) is 0 Å². The van der Waals surface area contributed by atoms with E-state index in [1.54, 1.807) is 30.3 Å². The van der Waals surface area contributed by atoms with Crippen LogP contribution in [0.2, 0.25) is 18.1 Å². The molecule has 24 heavy (non-hydrogen) atoms. The van der Waals surface area contributed by atoms with Crippen molar-refractivity contribution in [1.82, 2.24) is 5.16 Å². The molecule has 0 aliphatic rings. The Morgan fingerprint density at radius 2 is 1.92 bits per heavy atom. The molecule has 6 nitrogen and oxygen atoms in total. The number of benzene rings is 1. The summed E-state index contributed by atoms with van der Waals surface area (Å²) in [7, 11) is -1.86. The van der Waals surface area contributed by atoms with Crippen molar-refractivity contribution in [3.8, 4) is 5.75 Å². The molecule has 7 heteroatoms. The van der Waals surface area contributed by atoms with Gasteiger partial charge in [0.05, 0.1) is 6.61 Å². The van der Waals surface area contributed by atoms with Crippen molar-refractivity contribution in [2.75, 3.05) is 5.32 Å². The molecule has 0 radical (unpaired) electrons. The van der Waals surface area contributed by atoms with Gasteiger partial charge in [0.1, 0.15) is 11.4 Å². The number of carbonyl (C=O) groups is 1. The molecule has 0 spiro atoms. The summed E-state index contributed by atoms with van der Waals surface area (Å²) < 4.78 is 16.3. The number of hydrogen-bond donors (Lipinski definition) is 1. The van der Waals surface area contributed by atoms with E-state index in [-0.39, 0.29) is 10.9 Å². The number of para-hydroxylation sites is 1. The van der Waals surface area contributed by atoms with E-state index >= 15 is 0 Å². The molecule has 2 aromatic rings. The van der Waals surface area contributed by atoms with E-state index in [4.69, 9.17) is 13.7 Å². The summed E-state index contributed by atoms with van der Waals surface area (Å²) in [4.78, 5) is 11.8. The van der Waals surface area contributed by atoms with E-state index in [9.17, 15) is 4.79 Å². The highest BCUT2D eigenvalue weighted by molar-refractivity contribution is 6.74. The number of rotatable bonds is 5. The molecular formula is C17H24N2O4Si. The summed E-state index contributed by atoms with van der Waals surface area (Å²) >= 11 is 0. The lowest BCUT2D eigenvalue weighted by atomic mass is 10.2. The minimum atomic E-state index is -1.86. The molecule has 2 rings (SSSR count). The van der Waals surface area contributed by atoms with Crippen LogP contribution in [0.4, 0.5) is 10.7 Å². The molecule has 1 heterocycles. The largest absolute Gasteiger partial charge is 0.419 e. The van der Waals surface area contributed by atoms with Crippen LogP contribution in [0.5, 0.6) is 5.75 Å². The monoisotopic (exact) mass is 348 g/mol. The number of nitrogens with one attached hydrogen (secondary N) is 1. The first-order chi connectivity index (χ1) is 11.2. The van der Waals surface area contributed by atoms with E-state index in [1.165, 1.54) is 0 Å². The van der Waals surface area contributed by atoms with E-state index in [0.717, 1.165) is 0 Å². The predicted molar refractivity (Wildman–Crippen MR) is 94.6 cm³/mol. The number of anilines is 1. The summed E-state index contributed by atoms with van der Waals surface area (Å²) in [6.45, 7) is 11.2. The lowest BCUT2D eigenvalue weighted by Crippen LogP contribution is -2.40. The minimum absolute atomic E-state index is 0.122. The molecule has 130 valence electrons. The molecule has 0 unspecified atom stereocenters. The van der Waals surface area contributed by atoms with Gasteiger partial charge in [0.2, 0.25) is 5.88 Å². The SMILES string of the molecule is CC(C)(C)[Si](C)(C)OCc1cc(NC(=O)Oc2ccccc2)on1. The molecule has 1 amide bonds. The van der Waals surface area contributed by atoms with E-state index < -0.39 is 14.4 Å². The third kappa shape index (κ3) is 4.94. The zero-order chi connectivity index (χ0) is 17.8. The Labute approximate surface area is 143 Å². The number of ether oxygens (including phenoxy) is 1. The Morgan fingerprint density at radius 1 is 1.25 bits per heavy atom. The number of hydrogen-bond acceptors (Lipinski definition) is 5. The summed E-state index contributed by atoms with van der Waals surface area (Å²) in [5, 5.41) is 6.54. The van der Waals surface area contributed by atoms with Crippen LogP contribution in [-0.2, 0) is 11.0 Å². The molecule has 1 aromatic carbocycles. The number of aromatic nitrogens is 1. The van der Waals surface area contributed by atoms with Gasteiger partial charge in [-0.25, -0.2) is 4.79 Å². The molecule has 0 aliphatic heterocycles. The standard InChI is InChI=1S/C17H24N2O4Si/c1-17(2,3)24(4,5)21-12-13-11-15(23-19-13)18-16(20)22-14-9-7-6-8-10-14/h6-11H,12H2,1-5H3,(H,18,20). The average Bonchev–Trinajstić information content (AvgIpc) is 2.92. The topological polar surface area (TPSA) is 73.6 Å². The van der Waals surface area contributed by atoms with Crippen molar-refractivity contribution in [2.24, 2.45) is 0 Å². The maximum absolute atomic E-state index is 11.8. The summed E-state index contributed by atoms with van der Waals surface area (Å²) in [6.07, 6.45) is -0.630. The molecule has 0 atom stereocenters. The molecule has 0 saturated heterocycles. The van der Waals surface area contributed by atoms with Crippen LogP contribution in [0.1, 0.15) is 26.5 Å². The Bertz CT molecular complexity index is 677. The van der Waals surface area contributed by atoms with Crippen LogP contribution >= 0.6 is 0 Å². The van der Waals surface area contributed by atoms with Gasteiger partial charge >= 0.3 is 6.09 Å². The highest BCUT2D eigenvalue weighted by Gasteiger charge is 2.37. The fraction of sp³-hybridized carbons (Fsp3) is 0.412. The second-order valence-corrected chi connectivity index (χ2v) is 11.9. The summed E-state index contributed by atoms with van der Waals surface area (Å²) in [6, 6.07) is 10.4. The van der Waals surface area contributed by atoms with Gasteiger partial charge in [-0.2, -0.15) is 0 Å². The van der Waals surface area contributed by atoms with Gasteiger partial charge in [-0.05, 0) is 30.3 Å². The Morgan fingerprint density at radius 3 is 2.54 bits per heavy atom. The summed E-state index contributed by atoms with van der Waals surface area (Å²) in [5.74, 6) is 0.681. The van der Waals surface area contributed by atoms with Gasteiger partial charge in [0, 0.05) is 6.07 Å². The predicted octanol–water partition coefficient (Wildman–Crippen LogP) is 4.81. The van der Waals surface area contributed by atoms with Crippen molar-refractivity contribution in [2.45, 2.75) is 45.5 Å². The van der Waals surface area contributed by atoms with Crippen LogP contribution < -0.4 is 10.1 Å². The Kier molecular flexibility index (Phi) is 5.46. The first-order valence-corrected chi connectivity index (χ1v) is 10.7. The lowest BCUT2D eigenvalue weighted by molar-refractivity contribution is 0.214. The van der Waals surface area contributed by atoms with Crippen molar-refractivity contribution in [3.05, 3.63) is 42.1 Å². The van der Waals surface area contributed by atoms with Crippen LogP contribution in [0.3, 0.4) is 0 Å². The molecule has 1 N–H and O–H groups in total. The highest BCUT2D eigenvalue weighted by Crippen LogP contribution is 2.37. The quantitative estimate of drug-likeness (QED) is 0.785. The van der Waals surface area contributed by atoms with Crippen LogP contribution in [0.25, 0.3) is 0 Å². The van der Waals surface area contributed by atoms with Crippen LogP contribution in [0.15, 0.2) is 40.9 Å². The second-order valence-electron chi connectivity index (χ2n) is 7.06. The van der Waals surface area contributed by atoms with Crippen molar-refractivity contribution >= 4 is 20.3 Å². The number of amides is 1. The second kappa shape index (κ2) is 7.19. The number of nitrogens with zero attached hydrogens (tertiary/aromatic N) is 1. The third-order valence-corrected chi connectivity index (χ3v) is 8.60. The minimum Gasteiger partial charge on any atom is -0.411 e. The van der Waals surface area contributed by atoms with Gasteiger partial charge in [-0.15, -0.1) is 0 Å². The molecule has 0 saturated carbocycles. The molecule has 0 aliphatic carbocycles. The first-order valence-electron chi connectivity index (χ1n) is 7.81. The Balaban J connectivity index is 1.88. The van der Waals surface area contributed by atoms with Gasteiger partial charge in [0.15, 0.2) is 8.32 Å². The van der Waals surface area contributed by atoms with Crippen molar-refractivity contribution < 1.29 is 18.5 Å². The van der Waals surface area contributed by atoms with E-state index in [1.807, 2.05) is 6.07 Å². The molecule has 0 bridgehead atoms. The maximum atomic E-state index is 11.8. The first kappa shape index (κ1) is 18.2. The van der Waals surface area contributed by atoms with E-state index in [2.05, 4.69) is 44.3 Å². The van der Waals surface area contributed by atoms with Crippen LogP contribution in [0, 0.1) is 0 Å². The summed E-state index contributed by atoms with van der Waals surface area (Å²) in [5.41, 5.74) is 0.634. The number of carbonyl (C=O) groups excluding carboxylic acids is 1. The van der Waals surface area contributed by atoms with Gasteiger partial charge < -0.3 is 13.7 Å². The maximum Gasteiger partial charge on any atom is 0.419 e. The fourth-order valence-electron chi connectivity index (χ4n) is 1.63. The van der Waals surface area contributed by atoms with E-state index in [0.29, 0.717) is 18.1 Å². The zero-order valence-electron chi connectivity index (χ0n) is 14.8. The molecule has 1 aromatic heterocycles. The van der Waals surface area contributed by atoms with Crippen molar-refractivity contribution in [3.63, 3.8) is 0 Å². The zero-order valence-corrected chi connectivity index (χ0v) is 15.8. The van der Waals surface area contributed by atoms with Gasteiger partial charge in [-0.1, -0.05) is 44.1 Å². The smallest absolute Gasteiger partial charge is 0.411 e. The van der Waals surface area contributed by atoms with Gasteiger partial charge in [-0.3, -0.25) is 5.32 Å². The normalized spacial score (nSPS) is 12.0. The Hall–Kier alpha value is -2.12. The highest BCUT2D eigenvalue weighted by atomic mass is 28.4. The van der Waals surface area contributed by atoms with Crippen molar-refractivity contribution in [1.29, 1.82) is 0 Å². The molecular weight excluding hydrogens is 324 g/mol. The average molecular weight is 348 g/mol. The third-order valence-electron chi connectivity index (χ3n) is 4.13. The molecule has 0 fully saturated rings.